The van der Waals surface area contributed by atoms with E-state index in [4.69, 9.17) is 12.2 Å². The van der Waals surface area contributed by atoms with Crippen LogP contribution in [0, 0.1) is 0 Å². The predicted molar refractivity (Wildman–Crippen MR) is 113 cm³/mol. The van der Waals surface area contributed by atoms with Crippen LogP contribution in [0.25, 0.3) is 5.82 Å². The Labute approximate surface area is 170 Å². The van der Waals surface area contributed by atoms with Crippen LogP contribution in [-0.4, -0.2) is 30.6 Å². The Hall–Kier alpha value is -2.73. The first-order chi connectivity index (χ1) is 13.8. The van der Waals surface area contributed by atoms with Crippen LogP contribution in [0.3, 0.4) is 0 Å². The lowest BCUT2D eigenvalue weighted by atomic mass is 9.99. The monoisotopic (exact) mass is 389 g/mol. The number of hydrogen-bond acceptors (Lipinski definition) is 3. The van der Waals surface area contributed by atoms with Gasteiger partial charge in [0.2, 0.25) is 0 Å². The summed E-state index contributed by atoms with van der Waals surface area (Å²) in [5.41, 5.74) is 2.21. The lowest BCUT2D eigenvalue weighted by Gasteiger charge is -2.33. The molecule has 2 atom stereocenters. The van der Waals surface area contributed by atoms with E-state index < -0.39 is 0 Å². The van der Waals surface area contributed by atoms with Gasteiger partial charge in [-0.3, -0.25) is 4.98 Å². The molecule has 0 amide bonds. The topological polar surface area (TPSA) is 46.0 Å². The van der Waals surface area contributed by atoms with E-state index in [0.717, 1.165) is 16.6 Å². The molecule has 3 aromatic rings. The first-order valence-electron chi connectivity index (χ1n) is 9.91. The van der Waals surface area contributed by atoms with E-state index in [1.807, 2.05) is 42.7 Å². The Kier molecular flexibility index (Phi) is 4.56. The van der Waals surface area contributed by atoms with Crippen LogP contribution in [0.15, 0.2) is 67.1 Å². The largest absolute Gasteiger partial charge is 0.352 e. The number of nitrogens with zero attached hydrogens (tertiary/aromatic N) is 4. The smallest absolute Gasteiger partial charge is 0.170 e. The van der Waals surface area contributed by atoms with Crippen molar-refractivity contribution in [2.24, 2.45) is 0 Å². The second-order valence-corrected chi connectivity index (χ2v) is 7.85. The fraction of sp³-hybridized carbons (Fsp3) is 0.318. The van der Waals surface area contributed by atoms with Gasteiger partial charge in [0.1, 0.15) is 5.82 Å². The van der Waals surface area contributed by atoms with Crippen LogP contribution in [0.2, 0.25) is 0 Å². The maximum atomic E-state index is 5.83. The minimum absolute atomic E-state index is 0.0201. The van der Waals surface area contributed by atoms with Gasteiger partial charge in [0.15, 0.2) is 5.11 Å². The third kappa shape index (κ3) is 2.98. The normalized spacial score (nSPS) is 22.6. The van der Waals surface area contributed by atoms with Crippen molar-refractivity contribution in [2.45, 2.75) is 43.8 Å². The molecule has 2 fully saturated rings. The Morgan fingerprint density at radius 1 is 0.929 bits per heavy atom. The maximum Gasteiger partial charge on any atom is 0.170 e. The molecule has 1 aliphatic carbocycles. The molecule has 142 valence electrons. The molecule has 0 aromatic carbocycles. The van der Waals surface area contributed by atoms with E-state index in [1.54, 1.807) is 0 Å². The third-order valence-electron chi connectivity index (χ3n) is 5.83. The lowest BCUT2D eigenvalue weighted by Crippen LogP contribution is -2.38. The summed E-state index contributed by atoms with van der Waals surface area (Å²) in [5.74, 6) is 0.923. The van der Waals surface area contributed by atoms with E-state index in [2.05, 4.69) is 49.1 Å². The van der Waals surface area contributed by atoms with Gasteiger partial charge in [-0.05, 0) is 61.5 Å². The summed E-state index contributed by atoms with van der Waals surface area (Å²) in [7, 11) is 0. The van der Waals surface area contributed by atoms with Crippen molar-refractivity contribution < 1.29 is 0 Å². The Balaban J connectivity index is 1.62. The number of pyridine rings is 2. The summed E-state index contributed by atoms with van der Waals surface area (Å²) < 4.78 is 2.18. The highest BCUT2D eigenvalue weighted by Gasteiger charge is 2.44. The molecule has 6 heteroatoms. The second kappa shape index (κ2) is 7.36. The zero-order valence-corrected chi connectivity index (χ0v) is 16.4. The molecule has 1 N–H and O–H groups in total. The van der Waals surface area contributed by atoms with Gasteiger partial charge in [-0.1, -0.05) is 25.0 Å². The molecule has 2 aliphatic rings. The van der Waals surface area contributed by atoms with Crippen molar-refractivity contribution >= 4 is 17.3 Å². The van der Waals surface area contributed by atoms with Gasteiger partial charge in [-0.15, -0.1) is 0 Å². The van der Waals surface area contributed by atoms with Gasteiger partial charge in [0.25, 0.3) is 0 Å². The summed E-state index contributed by atoms with van der Waals surface area (Å²) in [6.45, 7) is 0. The molecule has 4 heterocycles. The SMILES string of the molecule is S=C1N[C@H](c2ccccn2)[C@H](c2cccn2-c2ccccn2)N1C1CCCC1. The molecular weight excluding hydrogens is 366 g/mol. The van der Waals surface area contributed by atoms with Crippen LogP contribution < -0.4 is 5.32 Å². The Morgan fingerprint density at radius 2 is 1.71 bits per heavy atom. The molecule has 0 unspecified atom stereocenters. The van der Waals surface area contributed by atoms with Gasteiger partial charge in [-0.25, -0.2) is 4.98 Å². The molecule has 1 saturated carbocycles. The molecule has 5 nitrogen and oxygen atoms in total. The Bertz CT molecular complexity index is 949. The van der Waals surface area contributed by atoms with Crippen LogP contribution in [0.4, 0.5) is 0 Å². The number of rotatable bonds is 4. The molecule has 28 heavy (non-hydrogen) atoms. The molecule has 5 rings (SSSR count). The number of aromatic nitrogens is 3. The summed E-state index contributed by atoms with van der Waals surface area (Å²) in [4.78, 5) is 11.6. The van der Waals surface area contributed by atoms with Crippen molar-refractivity contribution in [1.82, 2.24) is 24.8 Å². The highest BCUT2D eigenvalue weighted by molar-refractivity contribution is 7.80. The minimum Gasteiger partial charge on any atom is -0.352 e. The van der Waals surface area contributed by atoms with Gasteiger partial charge < -0.3 is 14.8 Å². The second-order valence-electron chi connectivity index (χ2n) is 7.46. The van der Waals surface area contributed by atoms with Gasteiger partial charge in [0.05, 0.1) is 17.8 Å². The van der Waals surface area contributed by atoms with Crippen molar-refractivity contribution in [3.05, 3.63) is 78.5 Å². The van der Waals surface area contributed by atoms with Crippen molar-refractivity contribution in [1.29, 1.82) is 0 Å². The zero-order valence-electron chi connectivity index (χ0n) is 15.6. The average Bonchev–Trinajstić information content (AvgIpc) is 3.48. The first kappa shape index (κ1) is 17.4. The molecule has 0 radical (unpaired) electrons. The van der Waals surface area contributed by atoms with E-state index in [9.17, 15) is 0 Å². The summed E-state index contributed by atoms with van der Waals surface area (Å²) >= 11 is 5.83. The number of thiocarbonyl (C=S) groups is 1. The van der Waals surface area contributed by atoms with Crippen molar-refractivity contribution in [2.75, 3.05) is 0 Å². The zero-order chi connectivity index (χ0) is 18.9. The fourth-order valence-corrected chi connectivity index (χ4v) is 4.99. The highest BCUT2D eigenvalue weighted by atomic mass is 32.1. The summed E-state index contributed by atoms with van der Waals surface area (Å²) in [5, 5.41) is 4.41. The van der Waals surface area contributed by atoms with E-state index in [0.29, 0.717) is 6.04 Å². The Morgan fingerprint density at radius 3 is 2.43 bits per heavy atom. The summed E-state index contributed by atoms with van der Waals surface area (Å²) in [6, 6.07) is 17.0. The standard InChI is InChI=1S/C22H23N5S/c28-22-25-20(17-10-3-5-13-23-17)21(27(22)16-8-1-2-9-16)18-11-7-15-26(18)19-12-4-6-14-24-19/h3-7,10-16,20-21H,1-2,8-9H2,(H,25,28)/t20-,21+/m1/s1. The lowest BCUT2D eigenvalue weighted by molar-refractivity contribution is 0.239. The molecule has 0 bridgehead atoms. The van der Waals surface area contributed by atoms with E-state index in [1.165, 1.54) is 31.4 Å². The fourth-order valence-electron chi connectivity index (χ4n) is 4.60. The van der Waals surface area contributed by atoms with Crippen molar-refractivity contribution in [3.8, 4) is 5.82 Å². The molecule has 1 aliphatic heterocycles. The maximum absolute atomic E-state index is 5.83. The molecular formula is C22H23N5S. The van der Waals surface area contributed by atoms with Crippen LogP contribution >= 0.6 is 12.2 Å². The van der Waals surface area contributed by atoms with E-state index in [-0.39, 0.29) is 12.1 Å². The van der Waals surface area contributed by atoms with E-state index >= 15 is 0 Å². The van der Waals surface area contributed by atoms with Crippen molar-refractivity contribution in [3.63, 3.8) is 0 Å². The van der Waals surface area contributed by atoms with Gasteiger partial charge >= 0.3 is 0 Å². The van der Waals surface area contributed by atoms with Crippen LogP contribution in [0.1, 0.15) is 49.2 Å². The van der Waals surface area contributed by atoms with Gasteiger partial charge in [0, 0.05) is 30.3 Å². The molecule has 1 saturated heterocycles. The third-order valence-corrected chi connectivity index (χ3v) is 6.16. The predicted octanol–water partition coefficient (Wildman–Crippen LogP) is 4.18. The minimum atomic E-state index is 0.0201. The van der Waals surface area contributed by atoms with Gasteiger partial charge in [-0.2, -0.15) is 0 Å². The highest BCUT2D eigenvalue weighted by Crippen LogP contribution is 2.43. The summed E-state index contributed by atoms with van der Waals surface area (Å²) in [6.07, 6.45) is 10.7. The van der Waals surface area contributed by atoms with Crippen LogP contribution in [0.5, 0.6) is 0 Å². The molecule has 3 aromatic heterocycles. The first-order valence-corrected chi connectivity index (χ1v) is 10.3. The average molecular weight is 390 g/mol. The number of hydrogen-bond donors (Lipinski definition) is 1. The quantitative estimate of drug-likeness (QED) is 0.678. The molecule has 0 spiro atoms. The van der Waals surface area contributed by atoms with Crippen LogP contribution in [-0.2, 0) is 0 Å². The number of nitrogens with one attached hydrogen (secondary N) is 1.